The van der Waals surface area contributed by atoms with Crippen molar-refractivity contribution in [2.45, 2.75) is 31.7 Å². The first kappa shape index (κ1) is 23.0. The van der Waals surface area contributed by atoms with E-state index in [2.05, 4.69) is 27.9 Å². The van der Waals surface area contributed by atoms with Gasteiger partial charge in [-0.2, -0.15) is 5.10 Å². The van der Waals surface area contributed by atoms with Gasteiger partial charge in [-0.15, -0.1) is 0 Å². The fraction of sp³-hybridized carbons (Fsp3) is 0.280. The Morgan fingerprint density at radius 1 is 1.09 bits per heavy atom. The fourth-order valence-electron chi connectivity index (χ4n) is 4.30. The number of carbonyl (C=O) groups excluding carboxylic acids is 2. The summed E-state index contributed by atoms with van der Waals surface area (Å²) in [6.07, 6.45) is 0.899. The van der Waals surface area contributed by atoms with E-state index in [-0.39, 0.29) is 30.3 Å². The molecule has 0 saturated carbocycles. The van der Waals surface area contributed by atoms with Crippen LogP contribution in [0.25, 0.3) is 11.1 Å². The van der Waals surface area contributed by atoms with Crippen molar-refractivity contribution in [2.24, 2.45) is 7.05 Å². The Hall–Kier alpha value is -4.14. The molecule has 1 aromatic heterocycles. The Morgan fingerprint density at radius 2 is 1.71 bits per heavy atom. The second-order valence-electron chi connectivity index (χ2n) is 8.16. The lowest BCUT2D eigenvalue weighted by Gasteiger charge is -2.16. The minimum absolute atomic E-state index is 0.0869. The Balaban J connectivity index is 1.44. The van der Waals surface area contributed by atoms with Crippen LogP contribution in [-0.4, -0.2) is 45.5 Å². The number of aromatic nitrogens is 2. The quantitative estimate of drug-likeness (QED) is 0.468. The van der Waals surface area contributed by atoms with Gasteiger partial charge in [0.2, 0.25) is 0 Å². The predicted molar refractivity (Wildman–Crippen MR) is 126 cm³/mol. The highest BCUT2D eigenvalue weighted by molar-refractivity contribution is 6.01. The lowest BCUT2D eigenvalue weighted by Crippen LogP contribution is -2.37. The molecular weight excluding hydrogens is 436 g/mol. The molecule has 0 radical (unpaired) electrons. The average Bonchev–Trinajstić information content (AvgIpc) is 3.34. The number of anilines is 1. The number of benzene rings is 2. The maximum absolute atomic E-state index is 12.8. The van der Waals surface area contributed by atoms with Crippen LogP contribution in [0.3, 0.4) is 0 Å². The number of aliphatic carboxylic acids is 1. The summed E-state index contributed by atoms with van der Waals surface area (Å²) in [5.41, 5.74) is 4.75. The minimum Gasteiger partial charge on any atom is -0.481 e. The zero-order valence-electron chi connectivity index (χ0n) is 18.9. The number of hydrogen-bond acceptors (Lipinski definition) is 5. The van der Waals surface area contributed by atoms with Gasteiger partial charge in [-0.3, -0.25) is 19.6 Å². The lowest BCUT2D eigenvalue weighted by molar-refractivity contribution is -0.137. The summed E-state index contributed by atoms with van der Waals surface area (Å²) in [4.78, 5) is 36.4. The molecule has 1 unspecified atom stereocenters. The lowest BCUT2D eigenvalue weighted by atomic mass is 9.98. The highest BCUT2D eigenvalue weighted by Gasteiger charge is 2.29. The molecule has 0 saturated heterocycles. The fourth-order valence-corrected chi connectivity index (χ4v) is 4.30. The number of aryl methyl sites for hydroxylation is 1. The summed E-state index contributed by atoms with van der Waals surface area (Å²) in [7, 11) is 1.57. The van der Waals surface area contributed by atoms with Crippen LogP contribution in [0.15, 0.2) is 54.7 Å². The molecule has 1 aliphatic rings. The van der Waals surface area contributed by atoms with Crippen LogP contribution in [0.5, 0.6) is 0 Å². The Labute approximate surface area is 196 Å². The zero-order valence-corrected chi connectivity index (χ0v) is 18.9. The number of carboxylic acid groups (broad SMARTS) is 1. The van der Waals surface area contributed by atoms with E-state index in [1.165, 1.54) is 10.9 Å². The van der Waals surface area contributed by atoms with Gasteiger partial charge in [0.1, 0.15) is 12.3 Å². The Morgan fingerprint density at radius 3 is 2.29 bits per heavy atom. The normalized spacial score (nSPS) is 13.0. The monoisotopic (exact) mass is 462 g/mol. The number of nitrogens with one attached hydrogen (secondary N) is 2. The first-order chi connectivity index (χ1) is 16.4. The van der Waals surface area contributed by atoms with Crippen molar-refractivity contribution >= 4 is 23.7 Å². The summed E-state index contributed by atoms with van der Waals surface area (Å²) in [6.45, 7) is 1.92. The van der Waals surface area contributed by atoms with Gasteiger partial charge in [0.15, 0.2) is 0 Å². The molecule has 2 aromatic carbocycles. The molecule has 0 spiro atoms. The van der Waals surface area contributed by atoms with Gasteiger partial charge < -0.3 is 15.2 Å². The molecule has 1 atom stereocenters. The van der Waals surface area contributed by atoms with E-state index in [1.807, 2.05) is 36.4 Å². The topological polar surface area (TPSA) is 123 Å². The number of carboxylic acids is 1. The molecule has 1 heterocycles. The van der Waals surface area contributed by atoms with Crippen LogP contribution in [0, 0.1) is 0 Å². The highest BCUT2D eigenvalue weighted by atomic mass is 16.5. The van der Waals surface area contributed by atoms with Crippen LogP contribution >= 0.6 is 0 Å². The van der Waals surface area contributed by atoms with Crippen molar-refractivity contribution in [3.63, 3.8) is 0 Å². The third-order valence-electron chi connectivity index (χ3n) is 5.98. The first-order valence-electron chi connectivity index (χ1n) is 11.1. The molecular formula is C25H26N4O5. The van der Waals surface area contributed by atoms with Gasteiger partial charge in [-0.25, -0.2) is 4.79 Å². The van der Waals surface area contributed by atoms with E-state index in [1.54, 1.807) is 14.0 Å². The van der Waals surface area contributed by atoms with Gasteiger partial charge >= 0.3 is 12.1 Å². The van der Waals surface area contributed by atoms with Crippen molar-refractivity contribution in [3.8, 4) is 11.1 Å². The molecule has 0 fully saturated rings. The summed E-state index contributed by atoms with van der Waals surface area (Å²) in [6, 6.07) is 15.5. The molecule has 2 amide bonds. The van der Waals surface area contributed by atoms with Crippen LogP contribution in [0.1, 0.15) is 47.3 Å². The molecule has 0 bridgehead atoms. The van der Waals surface area contributed by atoms with E-state index in [4.69, 9.17) is 9.84 Å². The van der Waals surface area contributed by atoms with Crippen molar-refractivity contribution in [3.05, 3.63) is 71.5 Å². The molecule has 3 aromatic rings. The molecule has 4 rings (SSSR count). The van der Waals surface area contributed by atoms with Crippen molar-refractivity contribution in [2.75, 3.05) is 11.9 Å². The molecule has 0 aliphatic heterocycles. The number of hydrogen-bond donors (Lipinski definition) is 3. The number of carbonyl (C=O) groups is 3. The van der Waals surface area contributed by atoms with E-state index in [9.17, 15) is 14.4 Å². The molecule has 9 nitrogen and oxygen atoms in total. The van der Waals surface area contributed by atoms with Gasteiger partial charge in [-0.1, -0.05) is 55.5 Å². The van der Waals surface area contributed by atoms with Gasteiger partial charge in [-0.05, 0) is 28.7 Å². The third kappa shape index (κ3) is 4.63. The van der Waals surface area contributed by atoms with Gasteiger partial charge in [0.05, 0.1) is 18.3 Å². The SMILES string of the molecule is CCC(CC(=O)O)NC(=O)c1c(NC(=O)OCC2c3ccccc3-c3ccccc32)cnn1C. The average molecular weight is 463 g/mol. The van der Waals surface area contributed by atoms with E-state index < -0.39 is 24.0 Å². The summed E-state index contributed by atoms with van der Waals surface area (Å²) in [5, 5.41) is 18.3. The number of ether oxygens (including phenoxy) is 1. The Bertz CT molecular complexity index is 1190. The van der Waals surface area contributed by atoms with Crippen molar-refractivity contribution in [1.82, 2.24) is 15.1 Å². The second-order valence-corrected chi connectivity index (χ2v) is 8.16. The van der Waals surface area contributed by atoms with Crippen LogP contribution < -0.4 is 10.6 Å². The summed E-state index contributed by atoms with van der Waals surface area (Å²) in [5.74, 6) is -1.62. The number of nitrogens with zero attached hydrogens (tertiary/aromatic N) is 2. The van der Waals surface area contributed by atoms with E-state index in [0.29, 0.717) is 6.42 Å². The standard InChI is InChI=1S/C25H26N4O5/c1-3-15(12-22(30)31)27-24(32)23-21(13-26-29(23)2)28-25(33)34-14-20-18-10-6-4-8-16(18)17-9-5-7-11-19(17)20/h4-11,13,15,20H,3,12,14H2,1-2H3,(H,27,32)(H,28,33)(H,30,31). The summed E-state index contributed by atoms with van der Waals surface area (Å²) >= 11 is 0. The molecule has 34 heavy (non-hydrogen) atoms. The molecule has 176 valence electrons. The molecule has 3 N–H and O–H groups in total. The zero-order chi connectivity index (χ0) is 24.2. The van der Waals surface area contributed by atoms with E-state index >= 15 is 0 Å². The second kappa shape index (κ2) is 9.78. The molecule has 1 aliphatic carbocycles. The maximum Gasteiger partial charge on any atom is 0.411 e. The molecule has 9 heteroatoms. The minimum atomic E-state index is -1.01. The number of rotatable bonds is 8. The van der Waals surface area contributed by atoms with Gasteiger partial charge in [0, 0.05) is 19.0 Å². The van der Waals surface area contributed by atoms with Crippen LogP contribution in [0.2, 0.25) is 0 Å². The largest absolute Gasteiger partial charge is 0.481 e. The van der Waals surface area contributed by atoms with Crippen molar-refractivity contribution in [1.29, 1.82) is 0 Å². The Kier molecular flexibility index (Phi) is 6.62. The van der Waals surface area contributed by atoms with E-state index in [0.717, 1.165) is 22.3 Å². The first-order valence-corrected chi connectivity index (χ1v) is 11.1. The summed E-state index contributed by atoms with van der Waals surface area (Å²) < 4.78 is 6.87. The smallest absolute Gasteiger partial charge is 0.411 e. The number of fused-ring (bicyclic) bond motifs is 3. The predicted octanol–water partition coefficient (Wildman–Crippen LogP) is 3.76. The van der Waals surface area contributed by atoms with Crippen molar-refractivity contribution < 1.29 is 24.2 Å². The highest BCUT2D eigenvalue weighted by Crippen LogP contribution is 2.44. The number of amides is 2. The van der Waals surface area contributed by atoms with Gasteiger partial charge in [0.25, 0.3) is 5.91 Å². The van der Waals surface area contributed by atoms with Crippen LogP contribution in [-0.2, 0) is 16.6 Å². The third-order valence-corrected chi connectivity index (χ3v) is 5.98. The maximum atomic E-state index is 12.8. The van der Waals surface area contributed by atoms with Crippen LogP contribution in [0.4, 0.5) is 10.5 Å².